The van der Waals surface area contributed by atoms with E-state index in [0.717, 1.165) is 31.4 Å². The number of ether oxygens (including phenoxy) is 2. The van der Waals surface area contributed by atoms with Crippen LogP contribution >= 0.6 is 0 Å². The molecule has 0 aromatic rings. The summed E-state index contributed by atoms with van der Waals surface area (Å²) in [6.07, 6.45) is 7.79. The second-order valence-electron chi connectivity index (χ2n) is 6.32. The fourth-order valence-corrected chi connectivity index (χ4v) is 3.19. The summed E-state index contributed by atoms with van der Waals surface area (Å²) >= 11 is 0. The summed E-state index contributed by atoms with van der Waals surface area (Å²) in [5.41, 5.74) is 0. The largest absolute Gasteiger partial charge is 0.377 e. The van der Waals surface area contributed by atoms with Crippen molar-refractivity contribution in [1.82, 2.24) is 10.6 Å². The number of rotatable bonds is 6. The summed E-state index contributed by atoms with van der Waals surface area (Å²) in [5.74, 6) is 1.72. The zero-order valence-corrected chi connectivity index (χ0v) is 13.6. The molecule has 0 radical (unpaired) electrons. The lowest BCUT2D eigenvalue weighted by Crippen LogP contribution is -2.46. The van der Waals surface area contributed by atoms with Crippen LogP contribution in [0.2, 0.25) is 0 Å². The van der Waals surface area contributed by atoms with Crippen LogP contribution in [0.4, 0.5) is 0 Å². The van der Waals surface area contributed by atoms with Crippen molar-refractivity contribution in [2.75, 3.05) is 33.4 Å². The highest BCUT2D eigenvalue weighted by atomic mass is 16.5. The third-order valence-corrected chi connectivity index (χ3v) is 4.37. The normalized spacial score (nSPS) is 30.4. The lowest BCUT2D eigenvalue weighted by molar-refractivity contribution is 0.0191. The van der Waals surface area contributed by atoms with E-state index in [1.807, 2.05) is 7.05 Å². The van der Waals surface area contributed by atoms with E-state index in [1.165, 1.54) is 32.1 Å². The number of hydrogen-bond donors (Lipinski definition) is 2. The Bertz CT molecular complexity index is 317. The van der Waals surface area contributed by atoms with Crippen LogP contribution in [-0.4, -0.2) is 51.5 Å². The summed E-state index contributed by atoms with van der Waals surface area (Å²) in [5, 5.41) is 6.86. The van der Waals surface area contributed by atoms with Crippen LogP contribution < -0.4 is 10.6 Å². The first-order valence-electron chi connectivity index (χ1n) is 8.44. The predicted molar refractivity (Wildman–Crippen MR) is 85.7 cm³/mol. The van der Waals surface area contributed by atoms with Gasteiger partial charge in [-0.1, -0.05) is 19.8 Å². The van der Waals surface area contributed by atoms with E-state index >= 15 is 0 Å². The summed E-state index contributed by atoms with van der Waals surface area (Å²) in [6, 6.07) is 0.563. The minimum absolute atomic E-state index is 0.311. The fraction of sp³-hybridized carbons (Fsp3) is 0.938. The van der Waals surface area contributed by atoms with Gasteiger partial charge in [0.1, 0.15) is 0 Å². The Balaban J connectivity index is 1.54. The topological polar surface area (TPSA) is 54.9 Å². The van der Waals surface area contributed by atoms with E-state index in [2.05, 4.69) is 22.5 Å². The molecule has 2 aliphatic rings. The van der Waals surface area contributed by atoms with Gasteiger partial charge in [0, 0.05) is 26.2 Å². The summed E-state index contributed by atoms with van der Waals surface area (Å²) in [4.78, 5) is 4.30. The summed E-state index contributed by atoms with van der Waals surface area (Å²) in [7, 11) is 1.83. The minimum atomic E-state index is 0.311. The van der Waals surface area contributed by atoms with Crippen molar-refractivity contribution >= 4 is 5.96 Å². The van der Waals surface area contributed by atoms with Gasteiger partial charge in [-0.25, -0.2) is 0 Å². The van der Waals surface area contributed by atoms with E-state index in [0.29, 0.717) is 25.4 Å². The van der Waals surface area contributed by atoms with Gasteiger partial charge in [0.05, 0.1) is 19.3 Å². The second kappa shape index (κ2) is 9.26. The van der Waals surface area contributed by atoms with Gasteiger partial charge in [0.15, 0.2) is 5.96 Å². The molecule has 3 atom stereocenters. The molecule has 0 aromatic carbocycles. The molecule has 1 aliphatic heterocycles. The molecular formula is C16H31N3O2. The molecule has 3 unspecified atom stereocenters. The van der Waals surface area contributed by atoms with Gasteiger partial charge in [0.2, 0.25) is 0 Å². The quantitative estimate of drug-likeness (QED) is 0.447. The van der Waals surface area contributed by atoms with E-state index in [1.54, 1.807) is 0 Å². The Morgan fingerprint density at radius 1 is 1.29 bits per heavy atom. The average molecular weight is 297 g/mol. The first-order chi connectivity index (χ1) is 10.3. The monoisotopic (exact) mass is 297 g/mol. The van der Waals surface area contributed by atoms with E-state index < -0.39 is 0 Å². The molecule has 2 fully saturated rings. The van der Waals surface area contributed by atoms with Crippen molar-refractivity contribution in [1.29, 1.82) is 0 Å². The molecule has 21 heavy (non-hydrogen) atoms. The molecule has 0 bridgehead atoms. The van der Waals surface area contributed by atoms with Crippen LogP contribution in [-0.2, 0) is 9.47 Å². The first-order valence-corrected chi connectivity index (χ1v) is 8.44. The molecular weight excluding hydrogens is 266 g/mol. The van der Waals surface area contributed by atoms with Gasteiger partial charge in [-0.3, -0.25) is 4.99 Å². The van der Waals surface area contributed by atoms with Crippen LogP contribution in [0.1, 0.15) is 45.4 Å². The Morgan fingerprint density at radius 3 is 2.90 bits per heavy atom. The first kappa shape index (κ1) is 16.6. The fourth-order valence-electron chi connectivity index (χ4n) is 3.19. The summed E-state index contributed by atoms with van der Waals surface area (Å²) in [6.45, 7) is 5.43. The molecule has 122 valence electrons. The number of guanidine groups is 1. The zero-order chi connectivity index (χ0) is 14.9. The Hall–Kier alpha value is -0.810. The minimum Gasteiger partial charge on any atom is -0.377 e. The molecule has 1 heterocycles. The molecule has 1 saturated heterocycles. The lowest BCUT2D eigenvalue weighted by atomic mass is 9.87. The van der Waals surface area contributed by atoms with Crippen molar-refractivity contribution in [3.05, 3.63) is 0 Å². The highest BCUT2D eigenvalue weighted by Crippen LogP contribution is 2.23. The van der Waals surface area contributed by atoms with Gasteiger partial charge in [-0.05, 0) is 31.6 Å². The van der Waals surface area contributed by atoms with Gasteiger partial charge in [-0.2, -0.15) is 0 Å². The van der Waals surface area contributed by atoms with Gasteiger partial charge >= 0.3 is 0 Å². The molecule has 2 N–H and O–H groups in total. The van der Waals surface area contributed by atoms with E-state index in [4.69, 9.17) is 9.47 Å². The average Bonchev–Trinajstić information content (AvgIpc) is 2.99. The highest BCUT2D eigenvalue weighted by Gasteiger charge is 2.19. The molecule has 0 aromatic heterocycles. The van der Waals surface area contributed by atoms with Crippen LogP contribution in [0.25, 0.3) is 0 Å². The molecule has 0 spiro atoms. The summed E-state index contributed by atoms with van der Waals surface area (Å²) < 4.78 is 11.2. The van der Waals surface area contributed by atoms with Crippen molar-refractivity contribution in [2.45, 2.75) is 57.6 Å². The number of nitrogens with zero attached hydrogens (tertiary/aromatic N) is 1. The second-order valence-corrected chi connectivity index (χ2v) is 6.32. The van der Waals surface area contributed by atoms with Crippen LogP contribution in [0.3, 0.4) is 0 Å². The molecule has 2 rings (SSSR count). The Labute approximate surface area is 128 Å². The highest BCUT2D eigenvalue weighted by molar-refractivity contribution is 5.79. The van der Waals surface area contributed by atoms with E-state index in [9.17, 15) is 0 Å². The maximum atomic E-state index is 5.65. The third kappa shape index (κ3) is 6.22. The van der Waals surface area contributed by atoms with E-state index in [-0.39, 0.29) is 0 Å². The molecule has 1 saturated carbocycles. The Morgan fingerprint density at radius 2 is 2.19 bits per heavy atom. The van der Waals surface area contributed by atoms with Gasteiger partial charge in [-0.15, -0.1) is 0 Å². The number of hydrogen-bond acceptors (Lipinski definition) is 3. The zero-order valence-electron chi connectivity index (χ0n) is 13.6. The maximum absolute atomic E-state index is 5.65. The molecule has 5 nitrogen and oxygen atoms in total. The van der Waals surface area contributed by atoms with Gasteiger partial charge in [0.25, 0.3) is 0 Å². The standard InChI is InChI=1S/C16H31N3O2/c1-13-5-3-6-14(11-13)19-16(17-2)18-8-10-20-12-15-7-4-9-21-15/h13-15H,3-12H2,1-2H3,(H2,17,18,19). The SMILES string of the molecule is CN=C(NCCOCC1CCCO1)NC1CCCC(C)C1. The van der Waals surface area contributed by atoms with Crippen molar-refractivity contribution in [3.8, 4) is 0 Å². The predicted octanol–water partition coefficient (Wildman–Crippen LogP) is 1.93. The molecule has 0 amide bonds. The van der Waals surface area contributed by atoms with Crippen molar-refractivity contribution < 1.29 is 9.47 Å². The third-order valence-electron chi connectivity index (χ3n) is 4.37. The van der Waals surface area contributed by atoms with Gasteiger partial charge < -0.3 is 20.1 Å². The lowest BCUT2D eigenvalue weighted by Gasteiger charge is -2.28. The van der Waals surface area contributed by atoms with Crippen molar-refractivity contribution in [2.24, 2.45) is 10.9 Å². The molecule has 5 heteroatoms. The van der Waals surface area contributed by atoms with Crippen LogP contribution in [0.5, 0.6) is 0 Å². The maximum Gasteiger partial charge on any atom is 0.191 e. The molecule has 1 aliphatic carbocycles. The van der Waals surface area contributed by atoms with Crippen molar-refractivity contribution in [3.63, 3.8) is 0 Å². The van der Waals surface area contributed by atoms with Crippen LogP contribution in [0, 0.1) is 5.92 Å². The number of nitrogens with one attached hydrogen (secondary N) is 2. The van der Waals surface area contributed by atoms with Crippen LogP contribution in [0.15, 0.2) is 4.99 Å². The number of aliphatic imine (C=N–C) groups is 1. The Kier molecular flexibility index (Phi) is 7.30. The smallest absolute Gasteiger partial charge is 0.191 e.